The molecule has 0 spiro atoms. The molecule has 0 aliphatic heterocycles. The third kappa shape index (κ3) is 34.8. The van der Waals surface area contributed by atoms with Crippen LogP contribution in [0, 0.1) is 5.92 Å². The number of aliphatic hydroxyl groups excluding tert-OH is 3. The minimum Gasteiger partial charge on any atom is -0.462 e. The predicted octanol–water partition coefficient (Wildman–Crippen LogP) is 10.7. The van der Waals surface area contributed by atoms with Gasteiger partial charge in [0.25, 0.3) is 0 Å². The highest BCUT2D eigenvalue weighted by molar-refractivity contribution is 5.70. The SMILES string of the molecule is CCCCC/C=C\C[C@H](O)[C@@H](O)CCCCCCCC(=O)O[C@@H](CO)COC(=O)CCCCCCCCCCCCCCCCCC(C)C. The van der Waals surface area contributed by atoms with Crippen molar-refractivity contribution < 1.29 is 34.4 Å². The zero-order valence-corrected chi connectivity index (χ0v) is 32.4. The van der Waals surface area contributed by atoms with Crippen LogP contribution < -0.4 is 0 Å². The third-order valence-electron chi connectivity index (χ3n) is 9.44. The summed E-state index contributed by atoms with van der Waals surface area (Å²) < 4.78 is 10.6. The van der Waals surface area contributed by atoms with Gasteiger partial charge in [-0.2, -0.15) is 0 Å². The van der Waals surface area contributed by atoms with E-state index in [1.807, 2.05) is 6.08 Å². The summed E-state index contributed by atoms with van der Waals surface area (Å²) in [5.74, 6) is 0.153. The van der Waals surface area contributed by atoms with Crippen LogP contribution in [0.25, 0.3) is 0 Å². The van der Waals surface area contributed by atoms with Gasteiger partial charge < -0.3 is 24.8 Å². The van der Waals surface area contributed by atoms with Gasteiger partial charge in [-0.25, -0.2) is 0 Å². The molecule has 0 aromatic heterocycles. The van der Waals surface area contributed by atoms with E-state index < -0.39 is 18.3 Å². The van der Waals surface area contributed by atoms with Crippen molar-refractivity contribution in [1.29, 1.82) is 0 Å². The highest BCUT2D eigenvalue weighted by Crippen LogP contribution is 2.16. The van der Waals surface area contributed by atoms with Gasteiger partial charge in [-0.3, -0.25) is 9.59 Å². The molecule has 290 valence electrons. The van der Waals surface area contributed by atoms with E-state index in [1.54, 1.807) is 0 Å². The molecule has 0 amide bonds. The fraction of sp³-hybridized carbons (Fsp3) is 0.905. The highest BCUT2D eigenvalue weighted by atomic mass is 16.6. The number of allylic oxidation sites excluding steroid dienone is 1. The minimum absolute atomic E-state index is 0.109. The summed E-state index contributed by atoms with van der Waals surface area (Å²) in [6.07, 6.45) is 33.0. The number of aliphatic hydroxyl groups is 3. The van der Waals surface area contributed by atoms with Gasteiger partial charge in [0.1, 0.15) is 6.61 Å². The molecule has 0 saturated heterocycles. The number of rotatable bonds is 37. The molecule has 7 heteroatoms. The van der Waals surface area contributed by atoms with E-state index in [0.717, 1.165) is 57.3 Å². The Morgan fingerprint density at radius 1 is 0.571 bits per heavy atom. The Kier molecular flexibility index (Phi) is 35.3. The first-order valence-corrected chi connectivity index (χ1v) is 20.8. The van der Waals surface area contributed by atoms with Gasteiger partial charge in [-0.15, -0.1) is 0 Å². The Balaban J connectivity index is 3.63. The molecule has 0 bridgehead atoms. The number of esters is 2. The summed E-state index contributed by atoms with van der Waals surface area (Å²) in [7, 11) is 0. The Hall–Kier alpha value is -1.44. The number of ether oxygens (including phenoxy) is 2. The molecule has 0 saturated carbocycles. The van der Waals surface area contributed by atoms with Crippen LogP contribution >= 0.6 is 0 Å². The van der Waals surface area contributed by atoms with Gasteiger partial charge in [0.15, 0.2) is 6.10 Å². The maximum absolute atomic E-state index is 12.2. The average Bonchev–Trinajstić information content (AvgIpc) is 3.08. The van der Waals surface area contributed by atoms with E-state index in [2.05, 4.69) is 26.8 Å². The Morgan fingerprint density at radius 3 is 1.53 bits per heavy atom. The third-order valence-corrected chi connectivity index (χ3v) is 9.44. The molecule has 0 aromatic rings. The summed E-state index contributed by atoms with van der Waals surface area (Å²) in [5.41, 5.74) is 0. The molecule has 49 heavy (non-hydrogen) atoms. The average molecular weight is 697 g/mol. The monoisotopic (exact) mass is 697 g/mol. The van der Waals surface area contributed by atoms with Crippen LogP contribution in [0.5, 0.6) is 0 Å². The Bertz CT molecular complexity index is 753. The van der Waals surface area contributed by atoms with E-state index in [4.69, 9.17) is 9.47 Å². The van der Waals surface area contributed by atoms with Crippen molar-refractivity contribution in [3.8, 4) is 0 Å². The molecule has 0 fully saturated rings. The van der Waals surface area contributed by atoms with Crippen LogP contribution in [0.15, 0.2) is 12.2 Å². The highest BCUT2D eigenvalue weighted by Gasteiger charge is 2.17. The number of hydrogen-bond donors (Lipinski definition) is 3. The summed E-state index contributed by atoms with van der Waals surface area (Å²) in [6, 6.07) is 0. The zero-order valence-electron chi connectivity index (χ0n) is 32.4. The van der Waals surface area contributed by atoms with E-state index in [0.29, 0.717) is 25.7 Å². The number of carbonyl (C=O) groups is 2. The van der Waals surface area contributed by atoms with Crippen molar-refractivity contribution >= 4 is 11.9 Å². The second-order valence-electron chi connectivity index (χ2n) is 14.9. The topological polar surface area (TPSA) is 113 Å². The van der Waals surface area contributed by atoms with Crippen molar-refractivity contribution in [2.75, 3.05) is 13.2 Å². The maximum Gasteiger partial charge on any atom is 0.306 e. The summed E-state index contributed by atoms with van der Waals surface area (Å²) >= 11 is 0. The molecule has 0 aliphatic rings. The second-order valence-corrected chi connectivity index (χ2v) is 14.9. The summed E-state index contributed by atoms with van der Waals surface area (Å²) in [5, 5.41) is 29.8. The second kappa shape index (κ2) is 36.4. The van der Waals surface area contributed by atoms with Gasteiger partial charge in [0.2, 0.25) is 0 Å². The van der Waals surface area contributed by atoms with E-state index >= 15 is 0 Å². The number of unbranched alkanes of at least 4 members (excludes halogenated alkanes) is 21. The molecule has 0 heterocycles. The predicted molar refractivity (Wildman–Crippen MR) is 203 cm³/mol. The molecular formula is C42H80O7. The van der Waals surface area contributed by atoms with E-state index in [-0.39, 0.29) is 31.6 Å². The standard InChI is InChI=1S/C42H80O7/c1-4-5-6-7-21-26-31-39(44)40(45)32-27-22-19-24-29-34-42(47)49-38(35-43)36-48-41(46)33-28-23-18-16-14-12-10-8-9-11-13-15-17-20-25-30-37(2)3/h21,26,37-40,43-45H,4-20,22-25,27-36H2,1-3H3/b26-21-/t38-,39-,40-/m0/s1. The van der Waals surface area contributed by atoms with Gasteiger partial charge in [-0.05, 0) is 44.4 Å². The number of carbonyl (C=O) groups excluding carboxylic acids is 2. The van der Waals surface area contributed by atoms with Crippen LogP contribution in [0.3, 0.4) is 0 Å². The van der Waals surface area contributed by atoms with Gasteiger partial charge in [0.05, 0.1) is 18.8 Å². The summed E-state index contributed by atoms with van der Waals surface area (Å²) in [6.45, 7) is 6.32. The lowest BCUT2D eigenvalue weighted by atomic mass is 10.0. The number of hydrogen-bond acceptors (Lipinski definition) is 7. The Labute approximate surface area is 302 Å². The fourth-order valence-electron chi connectivity index (χ4n) is 6.12. The molecule has 3 atom stereocenters. The van der Waals surface area contributed by atoms with Crippen LogP contribution in [-0.4, -0.2) is 58.8 Å². The lowest BCUT2D eigenvalue weighted by Gasteiger charge is -2.16. The smallest absolute Gasteiger partial charge is 0.306 e. The van der Waals surface area contributed by atoms with Crippen LogP contribution in [0.2, 0.25) is 0 Å². The van der Waals surface area contributed by atoms with Crippen molar-refractivity contribution in [1.82, 2.24) is 0 Å². The fourth-order valence-corrected chi connectivity index (χ4v) is 6.12. The van der Waals surface area contributed by atoms with Crippen molar-refractivity contribution in [3.05, 3.63) is 12.2 Å². The van der Waals surface area contributed by atoms with Crippen molar-refractivity contribution in [2.45, 2.75) is 225 Å². The van der Waals surface area contributed by atoms with Crippen LogP contribution in [0.4, 0.5) is 0 Å². The molecule has 7 nitrogen and oxygen atoms in total. The van der Waals surface area contributed by atoms with Crippen molar-refractivity contribution in [2.24, 2.45) is 5.92 Å². The maximum atomic E-state index is 12.2. The minimum atomic E-state index is -0.824. The van der Waals surface area contributed by atoms with Crippen molar-refractivity contribution in [3.63, 3.8) is 0 Å². The Morgan fingerprint density at radius 2 is 1.04 bits per heavy atom. The first-order valence-electron chi connectivity index (χ1n) is 20.8. The molecule has 0 aromatic carbocycles. The van der Waals surface area contributed by atoms with E-state index in [1.165, 1.54) is 103 Å². The van der Waals surface area contributed by atoms with E-state index in [9.17, 15) is 24.9 Å². The quantitative estimate of drug-likeness (QED) is 0.0336. The first kappa shape index (κ1) is 47.6. The molecule has 0 rings (SSSR count). The van der Waals surface area contributed by atoms with Crippen LogP contribution in [-0.2, 0) is 19.1 Å². The normalized spacial score (nSPS) is 13.6. The zero-order chi connectivity index (χ0) is 36.2. The lowest BCUT2D eigenvalue weighted by Crippen LogP contribution is -2.28. The molecular weight excluding hydrogens is 616 g/mol. The molecule has 0 unspecified atom stereocenters. The molecule has 0 aliphatic carbocycles. The largest absolute Gasteiger partial charge is 0.462 e. The molecule has 0 radical (unpaired) electrons. The lowest BCUT2D eigenvalue weighted by molar-refractivity contribution is -0.161. The van der Waals surface area contributed by atoms with Crippen LogP contribution in [0.1, 0.15) is 207 Å². The van der Waals surface area contributed by atoms with Gasteiger partial charge in [0, 0.05) is 12.8 Å². The van der Waals surface area contributed by atoms with Gasteiger partial charge >= 0.3 is 11.9 Å². The summed E-state index contributed by atoms with van der Waals surface area (Å²) in [4.78, 5) is 24.3. The van der Waals surface area contributed by atoms with Gasteiger partial charge in [-0.1, -0.05) is 168 Å². The molecule has 3 N–H and O–H groups in total. The first-order chi connectivity index (χ1) is 23.8.